The Hall–Kier alpha value is -1.56. The quantitative estimate of drug-likeness (QED) is 0.764. The number of rotatable bonds is 4. The van der Waals surface area contributed by atoms with Crippen LogP contribution in [0.15, 0.2) is 0 Å². The largest absolute Gasteiger partial charge is 0.395 e. The molecule has 0 bridgehead atoms. The van der Waals surface area contributed by atoms with E-state index in [9.17, 15) is 4.79 Å². The lowest BCUT2D eigenvalue weighted by Gasteiger charge is -2.51. The van der Waals surface area contributed by atoms with Gasteiger partial charge in [-0.25, -0.2) is 0 Å². The Balaban J connectivity index is 2.00. The first-order valence-electron chi connectivity index (χ1n) is 6.60. The molecule has 1 aliphatic carbocycles. The maximum Gasteiger partial charge on any atom is 0.274 e. The fourth-order valence-corrected chi connectivity index (χ4v) is 2.45. The highest BCUT2D eigenvalue weighted by Crippen LogP contribution is 2.42. The zero-order valence-corrected chi connectivity index (χ0v) is 11.9. The van der Waals surface area contributed by atoms with Crippen LogP contribution < -0.4 is 11.1 Å². The molecular formula is C13H22N4O2. The van der Waals surface area contributed by atoms with E-state index in [1.807, 2.05) is 6.92 Å². The summed E-state index contributed by atoms with van der Waals surface area (Å²) < 4.78 is 5.64. The van der Waals surface area contributed by atoms with Crippen LogP contribution in [-0.4, -0.2) is 34.9 Å². The minimum absolute atomic E-state index is 0.0637. The zero-order valence-electron chi connectivity index (χ0n) is 11.9. The number of nitrogens with one attached hydrogen (secondary N) is 2. The van der Waals surface area contributed by atoms with Crippen LogP contribution in [0.25, 0.3) is 0 Å². The number of carbonyl (C=O) groups excluding carboxylic acids is 1. The van der Waals surface area contributed by atoms with Crippen molar-refractivity contribution in [2.45, 2.75) is 46.3 Å². The van der Waals surface area contributed by atoms with Crippen molar-refractivity contribution >= 4 is 11.6 Å². The highest BCUT2D eigenvalue weighted by Gasteiger charge is 2.49. The molecule has 1 aromatic rings. The van der Waals surface area contributed by atoms with Gasteiger partial charge in [0.25, 0.3) is 5.91 Å². The van der Waals surface area contributed by atoms with E-state index in [1.54, 1.807) is 6.92 Å². The van der Waals surface area contributed by atoms with Crippen LogP contribution in [0.2, 0.25) is 0 Å². The van der Waals surface area contributed by atoms with E-state index in [1.165, 1.54) is 0 Å². The molecule has 0 saturated heterocycles. The van der Waals surface area contributed by atoms with Crippen molar-refractivity contribution in [3.63, 3.8) is 0 Å². The average molecular weight is 266 g/mol. The highest BCUT2D eigenvalue weighted by molar-refractivity contribution is 5.97. The van der Waals surface area contributed by atoms with E-state index in [-0.39, 0.29) is 29.2 Å². The topological polar surface area (TPSA) is 93.0 Å². The molecule has 1 amide bonds. The number of amides is 1. The normalized spacial score (nSPS) is 24.8. The summed E-state index contributed by atoms with van der Waals surface area (Å²) in [5.74, 6) is -0.227. The van der Waals surface area contributed by atoms with Crippen molar-refractivity contribution in [3.8, 4) is 0 Å². The fourth-order valence-electron chi connectivity index (χ4n) is 2.45. The van der Waals surface area contributed by atoms with Gasteiger partial charge in [0, 0.05) is 18.1 Å². The van der Waals surface area contributed by atoms with E-state index in [0.717, 1.165) is 6.42 Å². The Morgan fingerprint density at radius 3 is 2.79 bits per heavy atom. The smallest absolute Gasteiger partial charge is 0.274 e. The molecule has 106 valence electrons. The second-order valence-corrected chi connectivity index (χ2v) is 5.64. The summed E-state index contributed by atoms with van der Waals surface area (Å²) in [5.41, 5.74) is 7.14. The third kappa shape index (κ3) is 2.32. The molecule has 0 aliphatic heterocycles. The first-order valence-corrected chi connectivity index (χ1v) is 6.60. The fraction of sp³-hybridized carbons (Fsp3) is 0.692. The van der Waals surface area contributed by atoms with Gasteiger partial charge < -0.3 is 15.8 Å². The average Bonchev–Trinajstić information content (AvgIpc) is 2.69. The second kappa shape index (κ2) is 4.85. The zero-order chi connectivity index (χ0) is 14.2. The molecule has 0 spiro atoms. The third-order valence-electron chi connectivity index (χ3n) is 4.06. The summed E-state index contributed by atoms with van der Waals surface area (Å²) >= 11 is 0. The summed E-state index contributed by atoms with van der Waals surface area (Å²) in [6, 6.07) is 0.0907. The number of hydrogen-bond acceptors (Lipinski definition) is 4. The standard InChI is InChI=1S/C13H22N4O2/c1-5-19-9-6-8(13(9,3)4)15-12(18)11-10(14)7(2)16-17-11/h8-9H,5-6,14H2,1-4H3,(H,15,18)(H,16,17). The van der Waals surface area contributed by atoms with Gasteiger partial charge in [-0.15, -0.1) is 0 Å². The first-order chi connectivity index (χ1) is 8.87. The molecule has 2 rings (SSSR count). The molecular weight excluding hydrogens is 244 g/mol. The van der Waals surface area contributed by atoms with Crippen LogP contribution in [0.1, 0.15) is 43.4 Å². The van der Waals surface area contributed by atoms with Gasteiger partial charge in [0.2, 0.25) is 0 Å². The Morgan fingerprint density at radius 2 is 2.32 bits per heavy atom. The number of H-pyrrole nitrogens is 1. The molecule has 1 saturated carbocycles. The third-order valence-corrected chi connectivity index (χ3v) is 4.06. The number of ether oxygens (including phenoxy) is 1. The van der Waals surface area contributed by atoms with E-state index < -0.39 is 0 Å². The van der Waals surface area contributed by atoms with Gasteiger partial charge in [0.05, 0.1) is 17.5 Å². The van der Waals surface area contributed by atoms with Crippen LogP contribution in [0, 0.1) is 12.3 Å². The van der Waals surface area contributed by atoms with E-state index in [0.29, 0.717) is 18.0 Å². The SMILES string of the molecule is CCOC1CC(NC(=O)c2n[nH]c(C)c2N)C1(C)C. The van der Waals surface area contributed by atoms with Gasteiger partial charge in [-0.2, -0.15) is 5.10 Å². The molecule has 1 heterocycles. The van der Waals surface area contributed by atoms with Crippen molar-refractivity contribution in [2.75, 3.05) is 12.3 Å². The number of nitrogens with two attached hydrogens (primary N) is 1. The lowest BCUT2D eigenvalue weighted by atomic mass is 9.64. The van der Waals surface area contributed by atoms with Gasteiger partial charge in [0.15, 0.2) is 5.69 Å². The van der Waals surface area contributed by atoms with Crippen LogP contribution in [0.3, 0.4) is 0 Å². The van der Waals surface area contributed by atoms with Gasteiger partial charge in [-0.1, -0.05) is 13.8 Å². The first kappa shape index (κ1) is 13.9. The second-order valence-electron chi connectivity index (χ2n) is 5.64. The van der Waals surface area contributed by atoms with Crippen LogP contribution >= 0.6 is 0 Å². The predicted molar refractivity (Wildman–Crippen MR) is 72.8 cm³/mol. The Morgan fingerprint density at radius 1 is 1.63 bits per heavy atom. The number of carbonyl (C=O) groups is 1. The van der Waals surface area contributed by atoms with Gasteiger partial charge >= 0.3 is 0 Å². The van der Waals surface area contributed by atoms with Crippen LogP contribution in [0.4, 0.5) is 5.69 Å². The Kier molecular flexibility index (Phi) is 3.54. The minimum atomic E-state index is -0.227. The molecule has 2 atom stereocenters. The molecule has 0 radical (unpaired) electrons. The monoisotopic (exact) mass is 266 g/mol. The number of anilines is 1. The number of aromatic amines is 1. The van der Waals surface area contributed by atoms with Gasteiger partial charge in [0.1, 0.15) is 0 Å². The Labute approximate surface area is 113 Å². The molecule has 6 heteroatoms. The molecule has 4 N–H and O–H groups in total. The van der Waals surface area contributed by atoms with Crippen molar-refractivity contribution < 1.29 is 9.53 Å². The molecule has 6 nitrogen and oxygen atoms in total. The molecule has 1 aromatic heterocycles. The predicted octanol–water partition coefficient (Wildman–Crippen LogP) is 1.23. The Bertz CT molecular complexity index is 481. The summed E-state index contributed by atoms with van der Waals surface area (Å²) in [4.78, 5) is 12.1. The van der Waals surface area contributed by atoms with Crippen LogP contribution in [-0.2, 0) is 4.74 Å². The van der Waals surface area contributed by atoms with Crippen molar-refractivity contribution in [1.29, 1.82) is 0 Å². The van der Waals surface area contributed by atoms with Crippen molar-refractivity contribution in [2.24, 2.45) is 5.41 Å². The van der Waals surface area contributed by atoms with E-state index in [4.69, 9.17) is 10.5 Å². The molecule has 19 heavy (non-hydrogen) atoms. The van der Waals surface area contributed by atoms with Gasteiger partial charge in [-0.3, -0.25) is 9.89 Å². The maximum atomic E-state index is 12.1. The minimum Gasteiger partial charge on any atom is -0.395 e. The maximum absolute atomic E-state index is 12.1. The van der Waals surface area contributed by atoms with Crippen molar-refractivity contribution in [1.82, 2.24) is 15.5 Å². The highest BCUT2D eigenvalue weighted by atomic mass is 16.5. The number of nitrogens with zero attached hydrogens (tertiary/aromatic N) is 1. The number of nitrogen functional groups attached to an aromatic ring is 1. The lowest BCUT2D eigenvalue weighted by Crippen LogP contribution is -2.62. The number of aromatic nitrogens is 2. The van der Waals surface area contributed by atoms with Crippen LogP contribution in [0.5, 0.6) is 0 Å². The summed E-state index contributed by atoms with van der Waals surface area (Å²) in [6.07, 6.45) is 1.02. The van der Waals surface area contributed by atoms with E-state index >= 15 is 0 Å². The lowest BCUT2D eigenvalue weighted by molar-refractivity contribution is -0.111. The number of hydrogen-bond donors (Lipinski definition) is 3. The van der Waals surface area contributed by atoms with Gasteiger partial charge in [-0.05, 0) is 20.3 Å². The summed E-state index contributed by atoms with van der Waals surface area (Å²) in [7, 11) is 0. The van der Waals surface area contributed by atoms with Crippen molar-refractivity contribution in [3.05, 3.63) is 11.4 Å². The summed E-state index contributed by atoms with van der Waals surface area (Å²) in [5, 5.41) is 9.64. The molecule has 0 aromatic carbocycles. The summed E-state index contributed by atoms with van der Waals surface area (Å²) in [6.45, 7) is 8.66. The molecule has 2 unspecified atom stereocenters. The number of aryl methyl sites for hydroxylation is 1. The molecule has 1 aliphatic rings. The molecule has 1 fully saturated rings. The van der Waals surface area contributed by atoms with E-state index in [2.05, 4.69) is 29.4 Å².